The number of nitrogens with zero attached hydrogens (tertiary/aromatic N) is 1. The van der Waals surface area contributed by atoms with Crippen LogP contribution in [-0.4, -0.2) is 10.9 Å². The van der Waals surface area contributed by atoms with Gasteiger partial charge >= 0.3 is 0 Å². The van der Waals surface area contributed by atoms with Crippen molar-refractivity contribution in [2.45, 2.75) is 6.92 Å². The molecule has 2 nitrogen and oxygen atoms in total. The van der Waals surface area contributed by atoms with E-state index in [1.54, 1.807) is 6.92 Å². The van der Waals surface area contributed by atoms with Crippen molar-refractivity contribution in [3.8, 4) is 0 Å². The van der Waals surface area contributed by atoms with E-state index >= 15 is 0 Å². The first-order valence-corrected chi connectivity index (χ1v) is 5.09. The molecule has 0 bridgehead atoms. The van der Waals surface area contributed by atoms with Crippen LogP contribution in [0.4, 0.5) is 0 Å². The molecule has 0 aromatic carbocycles. The summed E-state index contributed by atoms with van der Waals surface area (Å²) in [5.74, 6) is 0. The summed E-state index contributed by atoms with van der Waals surface area (Å²) in [4.78, 5) is 0.942. The highest BCUT2D eigenvalue weighted by atomic mass is 32.9. The van der Waals surface area contributed by atoms with Gasteiger partial charge in [0.1, 0.15) is 3.82 Å². The molecule has 54 valence electrons. The standard InChI is InChI=1S/C5H5NOS3/c1-3(6-7)4-2-5(8)10-9-4/h2,7H,1H3/b6-3+. The molecule has 0 atom stereocenters. The molecule has 0 spiro atoms. The lowest BCUT2D eigenvalue weighted by Crippen LogP contribution is -1.87. The Morgan fingerprint density at radius 1 is 1.70 bits per heavy atom. The predicted octanol–water partition coefficient (Wildman–Crippen LogP) is 2.74. The number of rotatable bonds is 1. The summed E-state index contributed by atoms with van der Waals surface area (Å²) in [5, 5.41) is 11.4. The van der Waals surface area contributed by atoms with Crippen LogP contribution in [-0.2, 0) is 0 Å². The van der Waals surface area contributed by atoms with Gasteiger partial charge in [-0.1, -0.05) is 38.1 Å². The molecule has 1 rings (SSSR count). The lowest BCUT2D eigenvalue weighted by atomic mass is 10.4. The van der Waals surface area contributed by atoms with Gasteiger partial charge in [-0.2, -0.15) is 0 Å². The highest BCUT2D eigenvalue weighted by Crippen LogP contribution is 2.18. The molecular formula is C5H5NOS3. The van der Waals surface area contributed by atoms with Gasteiger partial charge in [-0.15, -0.1) is 0 Å². The lowest BCUT2D eigenvalue weighted by Gasteiger charge is -1.86. The second-order valence-corrected chi connectivity index (χ2v) is 4.59. The minimum Gasteiger partial charge on any atom is -0.411 e. The highest BCUT2D eigenvalue weighted by Gasteiger charge is 1.98. The Morgan fingerprint density at radius 2 is 2.40 bits per heavy atom. The van der Waals surface area contributed by atoms with Crippen LogP contribution in [0.3, 0.4) is 0 Å². The van der Waals surface area contributed by atoms with Crippen LogP contribution in [0.25, 0.3) is 0 Å². The monoisotopic (exact) mass is 191 g/mol. The van der Waals surface area contributed by atoms with Gasteiger partial charge in [0.2, 0.25) is 0 Å². The van der Waals surface area contributed by atoms with Crippen LogP contribution in [0.1, 0.15) is 11.8 Å². The van der Waals surface area contributed by atoms with Crippen molar-refractivity contribution in [1.29, 1.82) is 0 Å². The first-order valence-electron chi connectivity index (χ1n) is 2.53. The molecule has 1 N–H and O–H groups in total. The molecule has 0 saturated heterocycles. The van der Waals surface area contributed by atoms with Crippen LogP contribution >= 0.6 is 32.9 Å². The number of hydrogen-bond acceptors (Lipinski definition) is 5. The van der Waals surface area contributed by atoms with Gasteiger partial charge in [0, 0.05) is 0 Å². The Labute approximate surface area is 70.8 Å². The Kier molecular flexibility index (Phi) is 2.53. The van der Waals surface area contributed by atoms with Crippen molar-refractivity contribution in [2.75, 3.05) is 0 Å². The number of oxime groups is 1. The molecule has 0 unspecified atom stereocenters. The number of hydrogen-bond donors (Lipinski definition) is 1. The third-order valence-corrected chi connectivity index (χ3v) is 3.94. The Bertz CT molecular complexity index is 298. The molecule has 0 aliphatic carbocycles. The summed E-state index contributed by atoms with van der Waals surface area (Å²) in [6.45, 7) is 1.74. The maximum Gasteiger partial charge on any atom is 0.102 e. The van der Waals surface area contributed by atoms with E-state index in [4.69, 9.17) is 17.4 Å². The van der Waals surface area contributed by atoms with Crippen molar-refractivity contribution in [2.24, 2.45) is 5.16 Å². The minimum atomic E-state index is 0.623. The quantitative estimate of drug-likeness (QED) is 0.243. The summed E-state index contributed by atoms with van der Waals surface area (Å²) in [6.07, 6.45) is 0. The van der Waals surface area contributed by atoms with Gasteiger partial charge in [-0.25, -0.2) is 0 Å². The fourth-order valence-electron chi connectivity index (χ4n) is 0.455. The molecule has 0 fully saturated rings. The fourth-order valence-corrected chi connectivity index (χ4v) is 2.86. The third-order valence-electron chi connectivity index (χ3n) is 0.969. The van der Waals surface area contributed by atoms with E-state index in [1.165, 1.54) is 20.7 Å². The van der Waals surface area contributed by atoms with E-state index in [-0.39, 0.29) is 0 Å². The summed E-state index contributed by atoms with van der Waals surface area (Å²) < 4.78 is 0.836. The average Bonchev–Trinajstić information content (AvgIpc) is 2.34. The molecule has 0 radical (unpaired) electrons. The second kappa shape index (κ2) is 3.23. The molecule has 1 aromatic rings. The smallest absolute Gasteiger partial charge is 0.102 e. The SMILES string of the molecule is C/C(=N\O)c1cc(=S)ss1. The van der Waals surface area contributed by atoms with Gasteiger partial charge in [-0.05, 0) is 13.0 Å². The Balaban J connectivity index is 3.07. The molecule has 0 aliphatic heterocycles. The van der Waals surface area contributed by atoms with Gasteiger partial charge in [0.25, 0.3) is 0 Å². The Hall–Kier alpha value is -0.260. The maximum atomic E-state index is 8.36. The molecule has 10 heavy (non-hydrogen) atoms. The average molecular weight is 191 g/mol. The minimum absolute atomic E-state index is 0.623. The summed E-state index contributed by atoms with van der Waals surface area (Å²) >= 11 is 4.89. The normalized spacial score (nSPS) is 11.9. The van der Waals surface area contributed by atoms with E-state index in [0.717, 1.165) is 8.70 Å². The van der Waals surface area contributed by atoms with Gasteiger partial charge < -0.3 is 5.21 Å². The molecule has 0 amide bonds. The largest absolute Gasteiger partial charge is 0.411 e. The van der Waals surface area contributed by atoms with Crippen LogP contribution in [0.2, 0.25) is 0 Å². The zero-order chi connectivity index (χ0) is 7.56. The van der Waals surface area contributed by atoms with Crippen molar-refractivity contribution >= 4 is 38.6 Å². The van der Waals surface area contributed by atoms with Crippen molar-refractivity contribution in [1.82, 2.24) is 0 Å². The van der Waals surface area contributed by atoms with Crippen molar-refractivity contribution in [3.05, 3.63) is 14.8 Å². The van der Waals surface area contributed by atoms with E-state index < -0.39 is 0 Å². The van der Waals surface area contributed by atoms with Crippen LogP contribution in [0.15, 0.2) is 11.2 Å². The fraction of sp³-hybridized carbons (Fsp3) is 0.200. The zero-order valence-corrected chi connectivity index (χ0v) is 7.65. The van der Waals surface area contributed by atoms with Gasteiger partial charge in [-0.3, -0.25) is 0 Å². The molecule has 1 aromatic heterocycles. The summed E-state index contributed by atoms with van der Waals surface area (Å²) in [5.41, 5.74) is 0.623. The lowest BCUT2D eigenvalue weighted by molar-refractivity contribution is 0.319. The molecule has 1 heterocycles. The maximum absolute atomic E-state index is 8.36. The van der Waals surface area contributed by atoms with E-state index in [2.05, 4.69) is 5.16 Å². The van der Waals surface area contributed by atoms with E-state index in [1.807, 2.05) is 6.07 Å². The predicted molar refractivity (Wildman–Crippen MR) is 47.0 cm³/mol. The first kappa shape index (κ1) is 7.84. The van der Waals surface area contributed by atoms with Crippen molar-refractivity contribution in [3.63, 3.8) is 0 Å². The van der Waals surface area contributed by atoms with Crippen LogP contribution < -0.4 is 0 Å². The molecule has 0 saturated carbocycles. The van der Waals surface area contributed by atoms with Crippen LogP contribution in [0, 0.1) is 3.82 Å². The van der Waals surface area contributed by atoms with E-state index in [9.17, 15) is 0 Å². The molecular weight excluding hydrogens is 186 g/mol. The molecule has 5 heteroatoms. The zero-order valence-electron chi connectivity index (χ0n) is 5.20. The summed E-state index contributed by atoms with van der Waals surface area (Å²) in [7, 11) is 3.04. The van der Waals surface area contributed by atoms with Gasteiger partial charge in [0.15, 0.2) is 0 Å². The highest BCUT2D eigenvalue weighted by molar-refractivity contribution is 7.79. The van der Waals surface area contributed by atoms with Crippen LogP contribution in [0.5, 0.6) is 0 Å². The molecule has 0 aliphatic rings. The van der Waals surface area contributed by atoms with Crippen molar-refractivity contribution < 1.29 is 5.21 Å². The Morgan fingerprint density at radius 3 is 2.80 bits per heavy atom. The van der Waals surface area contributed by atoms with Gasteiger partial charge in [0.05, 0.1) is 10.6 Å². The second-order valence-electron chi connectivity index (χ2n) is 1.68. The topological polar surface area (TPSA) is 32.6 Å². The third kappa shape index (κ3) is 1.62. The van der Waals surface area contributed by atoms with E-state index in [0.29, 0.717) is 5.71 Å². The summed E-state index contributed by atoms with van der Waals surface area (Å²) in [6, 6.07) is 1.83. The first-order chi connectivity index (χ1) is 4.74.